The maximum Gasteiger partial charge on any atom is 0.258 e. The predicted molar refractivity (Wildman–Crippen MR) is 78.0 cm³/mol. The van der Waals surface area contributed by atoms with Gasteiger partial charge < -0.3 is 5.32 Å². The molecule has 0 aliphatic heterocycles. The van der Waals surface area contributed by atoms with Gasteiger partial charge in [0.25, 0.3) is 5.91 Å². The quantitative estimate of drug-likeness (QED) is 0.760. The Bertz CT molecular complexity index is 779. The van der Waals surface area contributed by atoms with Gasteiger partial charge >= 0.3 is 0 Å². The Balaban J connectivity index is 1.96. The lowest BCUT2D eigenvalue weighted by Gasteiger charge is -2.06. The molecule has 6 heteroatoms. The fraction of sp³-hybridized carbons (Fsp3) is 0.0714. The van der Waals surface area contributed by atoms with Crippen LogP contribution in [-0.4, -0.2) is 21.3 Å². The number of hydrogen-bond acceptors (Lipinski definition) is 3. The Hall–Kier alpha value is -2.40. The number of aromatic nitrogens is 3. The number of anilines is 1. The first-order chi connectivity index (χ1) is 9.63. The Morgan fingerprint density at radius 3 is 2.70 bits per heavy atom. The minimum Gasteiger partial charge on any atom is -0.322 e. The fourth-order valence-corrected chi connectivity index (χ4v) is 2.14. The summed E-state index contributed by atoms with van der Waals surface area (Å²) in [5, 5.41) is 13.7. The molecule has 2 aromatic carbocycles. The molecule has 1 amide bonds. The Morgan fingerprint density at radius 2 is 1.95 bits per heavy atom. The molecule has 1 heterocycles. The molecule has 2 N–H and O–H groups in total. The Labute approximate surface area is 120 Å². The van der Waals surface area contributed by atoms with Crippen molar-refractivity contribution in [2.24, 2.45) is 0 Å². The second-order valence-corrected chi connectivity index (χ2v) is 4.90. The summed E-state index contributed by atoms with van der Waals surface area (Å²) in [6, 6.07) is 10.8. The summed E-state index contributed by atoms with van der Waals surface area (Å²) in [4.78, 5) is 12.3. The van der Waals surface area contributed by atoms with Crippen LogP contribution in [0.1, 0.15) is 15.9 Å². The molecule has 20 heavy (non-hydrogen) atoms. The highest BCUT2D eigenvalue weighted by Crippen LogP contribution is 2.21. The average molecular weight is 287 g/mol. The van der Waals surface area contributed by atoms with Crippen molar-refractivity contribution in [1.82, 2.24) is 15.4 Å². The maximum atomic E-state index is 12.3. The number of nitrogens with zero attached hydrogens (tertiary/aromatic N) is 2. The van der Waals surface area contributed by atoms with E-state index in [-0.39, 0.29) is 5.91 Å². The lowest BCUT2D eigenvalue weighted by molar-refractivity contribution is 0.102. The second kappa shape index (κ2) is 4.94. The molecule has 0 atom stereocenters. The monoisotopic (exact) mass is 286 g/mol. The van der Waals surface area contributed by atoms with Gasteiger partial charge in [0, 0.05) is 10.7 Å². The van der Waals surface area contributed by atoms with Crippen molar-refractivity contribution in [3.8, 4) is 0 Å². The lowest BCUT2D eigenvalue weighted by atomic mass is 10.1. The molecule has 0 radical (unpaired) electrons. The molecule has 100 valence electrons. The predicted octanol–water partition coefficient (Wildman–Crippen LogP) is 3.17. The lowest BCUT2D eigenvalue weighted by Crippen LogP contribution is -2.12. The van der Waals surface area contributed by atoms with Gasteiger partial charge in [-0.15, -0.1) is 0 Å². The van der Waals surface area contributed by atoms with Crippen molar-refractivity contribution < 1.29 is 4.79 Å². The van der Waals surface area contributed by atoms with Crippen molar-refractivity contribution in [3.63, 3.8) is 0 Å². The van der Waals surface area contributed by atoms with Gasteiger partial charge in [-0.2, -0.15) is 15.4 Å². The summed E-state index contributed by atoms with van der Waals surface area (Å²) in [6.07, 6.45) is 0. The summed E-state index contributed by atoms with van der Waals surface area (Å²) in [5.41, 5.74) is 3.30. The summed E-state index contributed by atoms with van der Waals surface area (Å²) in [7, 11) is 0. The molecule has 1 aromatic heterocycles. The minimum absolute atomic E-state index is 0.268. The first-order valence-corrected chi connectivity index (χ1v) is 6.39. The van der Waals surface area contributed by atoms with E-state index in [9.17, 15) is 4.79 Å². The van der Waals surface area contributed by atoms with E-state index in [0.29, 0.717) is 21.6 Å². The number of aryl methyl sites for hydroxylation is 1. The van der Waals surface area contributed by atoms with Crippen LogP contribution in [0.25, 0.3) is 11.0 Å². The molecule has 3 rings (SSSR count). The SMILES string of the molecule is Cc1ccc(NC(=O)c2cc(Cl)cc3n[nH]nc23)cc1. The first-order valence-electron chi connectivity index (χ1n) is 6.01. The largest absolute Gasteiger partial charge is 0.322 e. The highest BCUT2D eigenvalue weighted by Gasteiger charge is 2.14. The van der Waals surface area contributed by atoms with E-state index in [4.69, 9.17) is 11.6 Å². The summed E-state index contributed by atoms with van der Waals surface area (Å²) in [6.45, 7) is 1.99. The normalized spacial score (nSPS) is 10.7. The molecule has 3 aromatic rings. The van der Waals surface area contributed by atoms with Crippen molar-refractivity contribution in [3.05, 3.63) is 52.5 Å². The number of fused-ring (bicyclic) bond motifs is 1. The van der Waals surface area contributed by atoms with E-state index in [1.54, 1.807) is 12.1 Å². The van der Waals surface area contributed by atoms with Gasteiger partial charge in [-0.1, -0.05) is 29.3 Å². The number of amides is 1. The van der Waals surface area contributed by atoms with Crippen LogP contribution in [-0.2, 0) is 0 Å². The molecule has 0 spiro atoms. The number of aromatic amines is 1. The van der Waals surface area contributed by atoms with E-state index < -0.39 is 0 Å². The smallest absolute Gasteiger partial charge is 0.258 e. The van der Waals surface area contributed by atoms with Crippen LogP contribution in [0.3, 0.4) is 0 Å². The number of H-pyrrole nitrogens is 1. The van der Waals surface area contributed by atoms with Gasteiger partial charge in [0.1, 0.15) is 11.0 Å². The van der Waals surface area contributed by atoms with Gasteiger partial charge in [0.05, 0.1) is 5.56 Å². The van der Waals surface area contributed by atoms with Crippen molar-refractivity contribution >= 4 is 34.2 Å². The van der Waals surface area contributed by atoms with Crippen molar-refractivity contribution in [2.45, 2.75) is 6.92 Å². The third-order valence-electron chi connectivity index (χ3n) is 2.94. The number of benzene rings is 2. The molecule has 0 saturated carbocycles. The molecule has 0 fully saturated rings. The third kappa shape index (κ3) is 2.35. The number of nitrogens with one attached hydrogen (secondary N) is 2. The second-order valence-electron chi connectivity index (χ2n) is 4.46. The zero-order valence-electron chi connectivity index (χ0n) is 10.6. The van der Waals surface area contributed by atoms with Gasteiger partial charge in [-0.25, -0.2) is 0 Å². The molecule has 0 aliphatic rings. The molecular weight excluding hydrogens is 276 g/mol. The molecule has 5 nitrogen and oxygen atoms in total. The number of carbonyl (C=O) groups is 1. The van der Waals surface area contributed by atoms with E-state index in [1.165, 1.54) is 0 Å². The maximum absolute atomic E-state index is 12.3. The van der Waals surface area contributed by atoms with E-state index in [0.717, 1.165) is 11.3 Å². The van der Waals surface area contributed by atoms with E-state index >= 15 is 0 Å². The summed E-state index contributed by atoms with van der Waals surface area (Å²) >= 11 is 5.99. The summed E-state index contributed by atoms with van der Waals surface area (Å²) < 4.78 is 0. The van der Waals surface area contributed by atoms with Gasteiger partial charge in [-0.05, 0) is 31.2 Å². The first kappa shape index (κ1) is 12.6. The molecule has 0 saturated heterocycles. The summed E-state index contributed by atoms with van der Waals surface area (Å²) in [5.74, 6) is -0.268. The Kier molecular flexibility index (Phi) is 3.12. The highest BCUT2D eigenvalue weighted by atomic mass is 35.5. The standard InChI is InChI=1S/C14H11ClN4O/c1-8-2-4-10(5-3-8)16-14(20)11-6-9(15)7-12-13(11)18-19-17-12/h2-7H,1H3,(H,16,20)(H,17,18,19). The topological polar surface area (TPSA) is 70.7 Å². The number of hydrogen-bond donors (Lipinski definition) is 2. The highest BCUT2D eigenvalue weighted by molar-refractivity contribution is 6.32. The van der Waals surface area contributed by atoms with Crippen LogP contribution in [0.15, 0.2) is 36.4 Å². The Morgan fingerprint density at radius 1 is 1.20 bits per heavy atom. The van der Waals surface area contributed by atoms with Crippen molar-refractivity contribution in [1.29, 1.82) is 0 Å². The minimum atomic E-state index is -0.268. The van der Waals surface area contributed by atoms with Crippen LogP contribution in [0, 0.1) is 6.92 Å². The molecular formula is C14H11ClN4O. The van der Waals surface area contributed by atoms with Crippen LogP contribution >= 0.6 is 11.6 Å². The van der Waals surface area contributed by atoms with E-state index in [2.05, 4.69) is 20.7 Å². The zero-order valence-corrected chi connectivity index (χ0v) is 11.4. The van der Waals surface area contributed by atoms with Crippen LogP contribution in [0.2, 0.25) is 5.02 Å². The third-order valence-corrected chi connectivity index (χ3v) is 3.16. The van der Waals surface area contributed by atoms with Crippen LogP contribution in [0.4, 0.5) is 5.69 Å². The molecule has 0 unspecified atom stereocenters. The van der Waals surface area contributed by atoms with Gasteiger partial charge in [0.15, 0.2) is 0 Å². The number of rotatable bonds is 2. The number of halogens is 1. The zero-order chi connectivity index (χ0) is 14.1. The molecule has 0 aliphatic carbocycles. The van der Waals surface area contributed by atoms with Crippen molar-refractivity contribution in [2.75, 3.05) is 5.32 Å². The van der Waals surface area contributed by atoms with Gasteiger partial charge in [-0.3, -0.25) is 4.79 Å². The average Bonchev–Trinajstić information content (AvgIpc) is 2.88. The number of carbonyl (C=O) groups excluding carboxylic acids is 1. The van der Waals surface area contributed by atoms with Crippen LogP contribution < -0.4 is 5.32 Å². The van der Waals surface area contributed by atoms with Gasteiger partial charge in [0.2, 0.25) is 0 Å². The van der Waals surface area contributed by atoms with E-state index in [1.807, 2.05) is 31.2 Å². The van der Waals surface area contributed by atoms with Crippen LogP contribution in [0.5, 0.6) is 0 Å². The fourth-order valence-electron chi connectivity index (χ4n) is 1.92. The molecule has 0 bridgehead atoms.